The first-order valence-electron chi connectivity index (χ1n) is 9.08. The molecule has 0 aromatic rings. The van der Waals surface area contributed by atoms with E-state index >= 15 is 0 Å². The second kappa shape index (κ2) is 4.83. The number of hydrogen-bond donors (Lipinski definition) is 2. The van der Waals surface area contributed by atoms with Crippen LogP contribution in [0.5, 0.6) is 0 Å². The fourth-order valence-electron chi connectivity index (χ4n) is 6.59. The molecule has 4 aliphatic rings. The highest BCUT2D eigenvalue weighted by Gasteiger charge is 2.57. The molecule has 0 aromatic carbocycles. The highest BCUT2D eigenvalue weighted by molar-refractivity contribution is 5.92. The fourth-order valence-corrected chi connectivity index (χ4v) is 6.59. The number of rotatable bonds is 0. The smallest absolute Gasteiger partial charge is 0.0632 e. The zero-order chi connectivity index (χ0) is 15.5. The summed E-state index contributed by atoms with van der Waals surface area (Å²) in [7, 11) is 0. The van der Waals surface area contributed by atoms with Gasteiger partial charge < -0.3 is 10.3 Å². The predicted octanol–water partition coefficient (Wildman–Crippen LogP) is 4.14. The molecule has 3 fully saturated rings. The average molecular weight is 303 g/mol. The molecule has 0 heterocycles. The summed E-state index contributed by atoms with van der Waals surface area (Å²) in [5.41, 5.74) is 3.02. The van der Waals surface area contributed by atoms with Crippen LogP contribution in [0.3, 0.4) is 0 Å². The Kier molecular flexibility index (Phi) is 3.24. The molecule has 6 atom stereocenters. The summed E-state index contributed by atoms with van der Waals surface area (Å²) < 4.78 is 0. The van der Waals surface area contributed by atoms with Gasteiger partial charge in [0.25, 0.3) is 0 Å². The molecule has 3 heteroatoms. The lowest BCUT2D eigenvalue weighted by Gasteiger charge is -2.57. The highest BCUT2D eigenvalue weighted by Crippen LogP contribution is 2.64. The van der Waals surface area contributed by atoms with Crippen molar-refractivity contribution < 1.29 is 10.3 Å². The lowest BCUT2D eigenvalue weighted by atomic mass is 9.48. The van der Waals surface area contributed by atoms with Crippen molar-refractivity contribution in [1.82, 2.24) is 0 Å². The van der Waals surface area contributed by atoms with E-state index < -0.39 is 0 Å². The summed E-state index contributed by atoms with van der Waals surface area (Å²) in [6.45, 7) is 4.79. The molecule has 2 N–H and O–H groups in total. The van der Waals surface area contributed by atoms with Crippen LogP contribution < -0.4 is 0 Å². The zero-order valence-corrected chi connectivity index (χ0v) is 13.9. The van der Waals surface area contributed by atoms with Gasteiger partial charge in [-0.1, -0.05) is 30.7 Å². The lowest BCUT2D eigenvalue weighted by molar-refractivity contribution is -0.0213. The lowest BCUT2D eigenvalue weighted by Crippen LogP contribution is -2.50. The minimum atomic E-state index is -0.121. The zero-order valence-electron chi connectivity index (χ0n) is 13.9. The molecule has 0 radical (unpaired) electrons. The topological polar surface area (TPSA) is 52.8 Å². The van der Waals surface area contributed by atoms with Gasteiger partial charge in [-0.05, 0) is 74.5 Å². The monoisotopic (exact) mass is 303 g/mol. The molecule has 22 heavy (non-hydrogen) atoms. The van der Waals surface area contributed by atoms with Crippen molar-refractivity contribution in [2.24, 2.45) is 33.7 Å². The van der Waals surface area contributed by atoms with Gasteiger partial charge in [0.05, 0.1) is 11.8 Å². The molecule has 3 nitrogen and oxygen atoms in total. The molecular formula is C19H29NO2. The molecule has 122 valence electrons. The first-order valence-corrected chi connectivity index (χ1v) is 9.08. The number of fused-ring (bicyclic) bond motifs is 5. The van der Waals surface area contributed by atoms with Crippen molar-refractivity contribution >= 4 is 5.71 Å². The Morgan fingerprint density at radius 1 is 1.09 bits per heavy atom. The molecule has 0 bridgehead atoms. The maximum atomic E-state index is 10.0. The summed E-state index contributed by atoms with van der Waals surface area (Å²) in [6.07, 6.45) is 11.1. The fraction of sp³-hybridized carbons (Fsp3) is 0.842. The Labute approximate surface area is 133 Å². The minimum absolute atomic E-state index is 0.121. The van der Waals surface area contributed by atoms with Gasteiger partial charge in [0, 0.05) is 5.41 Å². The van der Waals surface area contributed by atoms with Gasteiger partial charge in [0.1, 0.15) is 0 Å². The SMILES string of the molecule is C[C@]12CC[C@H](O)CC1=CC[C@@H]1[C@@H]2CC[C@]2(C)/C(=N/O)CC[C@@H]12. The van der Waals surface area contributed by atoms with Gasteiger partial charge in [-0.3, -0.25) is 0 Å². The van der Waals surface area contributed by atoms with Crippen LogP contribution >= 0.6 is 0 Å². The van der Waals surface area contributed by atoms with E-state index in [1.54, 1.807) is 0 Å². The standard InChI is InChI=1S/C19H29NO2/c1-18-9-7-13(21)11-12(18)3-4-14-15-5-6-17(20-22)19(15,2)10-8-16(14)18/h3,13-16,21-22H,4-11H2,1-2H3/b20-17+/t13-,14-,15-,16-,18-,19-/m0/s1. The Morgan fingerprint density at radius 2 is 1.82 bits per heavy atom. The predicted molar refractivity (Wildman–Crippen MR) is 86.9 cm³/mol. The van der Waals surface area contributed by atoms with E-state index in [0.717, 1.165) is 43.2 Å². The van der Waals surface area contributed by atoms with Crippen LogP contribution in [-0.4, -0.2) is 22.1 Å². The average Bonchev–Trinajstić information content (AvgIpc) is 2.84. The molecule has 0 amide bonds. The molecule has 4 rings (SSSR count). The second-order valence-electron chi connectivity index (χ2n) is 8.70. The van der Waals surface area contributed by atoms with E-state index in [0.29, 0.717) is 11.3 Å². The van der Waals surface area contributed by atoms with Crippen LogP contribution in [0.2, 0.25) is 0 Å². The third-order valence-corrected chi connectivity index (χ3v) is 7.94. The molecule has 0 aromatic heterocycles. The number of aliphatic hydroxyl groups excluding tert-OH is 1. The first-order chi connectivity index (χ1) is 10.5. The van der Waals surface area contributed by atoms with Crippen LogP contribution in [-0.2, 0) is 0 Å². The van der Waals surface area contributed by atoms with Gasteiger partial charge in [-0.15, -0.1) is 0 Å². The summed E-state index contributed by atoms with van der Waals surface area (Å²) in [5.74, 6) is 2.18. The highest BCUT2D eigenvalue weighted by atomic mass is 16.4. The van der Waals surface area contributed by atoms with Crippen molar-refractivity contribution in [1.29, 1.82) is 0 Å². The van der Waals surface area contributed by atoms with Gasteiger partial charge >= 0.3 is 0 Å². The van der Waals surface area contributed by atoms with Gasteiger partial charge in [-0.25, -0.2) is 0 Å². The molecule has 3 saturated carbocycles. The van der Waals surface area contributed by atoms with E-state index in [2.05, 4.69) is 25.1 Å². The minimum Gasteiger partial charge on any atom is -0.411 e. The molecule has 4 aliphatic carbocycles. The maximum absolute atomic E-state index is 10.0. The third kappa shape index (κ3) is 1.81. The maximum Gasteiger partial charge on any atom is 0.0632 e. The van der Waals surface area contributed by atoms with E-state index in [4.69, 9.17) is 0 Å². The summed E-state index contributed by atoms with van der Waals surface area (Å²) in [5, 5.41) is 23.1. The van der Waals surface area contributed by atoms with Crippen molar-refractivity contribution in [3.8, 4) is 0 Å². The van der Waals surface area contributed by atoms with Crippen molar-refractivity contribution in [2.45, 2.75) is 71.3 Å². The van der Waals surface area contributed by atoms with Gasteiger partial charge in [0.2, 0.25) is 0 Å². The van der Waals surface area contributed by atoms with Crippen molar-refractivity contribution in [2.75, 3.05) is 0 Å². The van der Waals surface area contributed by atoms with Crippen LogP contribution in [0, 0.1) is 28.6 Å². The molecule has 0 unspecified atom stereocenters. The summed E-state index contributed by atoms with van der Waals surface area (Å²) in [4.78, 5) is 0. The van der Waals surface area contributed by atoms with Crippen LogP contribution in [0.1, 0.15) is 65.2 Å². The normalized spacial score (nSPS) is 52.7. The summed E-state index contributed by atoms with van der Waals surface area (Å²) >= 11 is 0. The van der Waals surface area contributed by atoms with Gasteiger partial charge in [0.15, 0.2) is 0 Å². The number of hydrogen-bond acceptors (Lipinski definition) is 3. The molecular weight excluding hydrogens is 274 g/mol. The molecule has 0 aliphatic heterocycles. The van der Waals surface area contributed by atoms with Crippen molar-refractivity contribution in [3.05, 3.63) is 11.6 Å². The Bertz CT molecular complexity index is 540. The first kappa shape index (κ1) is 14.7. The number of oxime groups is 1. The summed E-state index contributed by atoms with van der Waals surface area (Å²) in [6, 6.07) is 0. The molecule has 0 saturated heterocycles. The molecule has 0 spiro atoms. The largest absolute Gasteiger partial charge is 0.411 e. The quantitative estimate of drug-likeness (QED) is 0.401. The third-order valence-electron chi connectivity index (χ3n) is 7.94. The number of nitrogens with zero attached hydrogens (tertiary/aromatic N) is 1. The van der Waals surface area contributed by atoms with Crippen LogP contribution in [0.25, 0.3) is 0 Å². The Hall–Kier alpha value is -0.830. The number of allylic oxidation sites excluding steroid dienone is 1. The van der Waals surface area contributed by atoms with E-state index in [1.165, 1.54) is 31.3 Å². The Morgan fingerprint density at radius 3 is 2.59 bits per heavy atom. The second-order valence-corrected chi connectivity index (χ2v) is 8.70. The van der Waals surface area contributed by atoms with Crippen molar-refractivity contribution in [3.63, 3.8) is 0 Å². The van der Waals surface area contributed by atoms with Crippen LogP contribution in [0.4, 0.5) is 0 Å². The Balaban J connectivity index is 1.69. The van der Waals surface area contributed by atoms with E-state index in [-0.39, 0.29) is 11.5 Å². The van der Waals surface area contributed by atoms with Gasteiger partial charge in [-0.2, -0.15) is 0 Å². The van der Waals surface area contributed by atoms with Crippen LogP contribution in [0.15, 0.2) is 16.8 Å². The van der Waals surface area contributed by atoms with E-state index in [1.807, 2.05) is 0 Å². The van der Waals surface area contributed by atoms with E-state index in [9.17, 15) is 10.3 Å². The number of aliphatic hydroxyl groups is 1.